The highest BCUT2D eigenvalue weighted by Crippen LogP contribution is 2.31. The monoisotopic (exact) mass is 255 g/mol. The van der Waals surface area contributed by atoms with Crippen molar-refractivity contribution in [2.45, 2.75) is 6.92 Å². The first-order valence-corrected chi connectivity index (χ1v) is 5.91. The zero-order valence-electron chi connectivity index (χ0n) is 10.6. The van der Waals surface area contributed by atoms with Gasteiger partial charge in [0.1, 0.15) is 11.5 Å². The molecule has 0 saturated carbocycles. The molecule has 3 aromatic rings. The third kappa shape index (κ3) is 1.87. The highest BCUT2D eigenvalue weighted by atomic mass is 16.1. The van der Waals surface area contributed by atoms with E-state index in [1.807, 2.05) is 37.4 Å². The quantitative estimate of drug-likeness (QED) is 0.734. The molecule has 0 aliphatic heterocycles. The Balaban J connectivity index is 2.24. The first-order valence-electron chi connectivity index (χ1n) is 5.91. The largest absolute Gasteiger partial charge is 0.311 e. The van der Waals surface area contributed by atoms with E-state index in [-0.39, 0.29) is 5.91 Å². The number of rotatable bonds is 2. The fourth-order valence-corrected chi connectivity index (χ4v) is 2.10. The Morgan fingerprint density at radius 2 is 2.05 bits per heavy atom. The lowest BCUT2D eigenvalue weighted by Crippen LogP contribution is -2.06. The number of aromatic amines is 1. The molecule has 0 radical (unpaired) electrons. The van der Waals surface area contributed by atoms with E-state index in [2.05, 4.69) is 20.6 Å². The van der Waals surface area contributed by atoms with E-state index < -0.39 is 0 Å². The molecule has 6 heteroatoms. The molecule has 6 nitrogen and oxygen atoms in total. The fourth-order valence-electron chi connectivity index (χ4n) is 2.10. The van der Waals surface area contributed by atoms with Crippen LogP contribution in [-0.4, -0.2) is 25.9 Å². The number of carbonyl (C=O) groups is 1. The van der Waals surface area contributed by atoms with E-state index in [9.17, 15) is 4.79 Å². The summed E-state index contributed by atoms with van der Waals surface area (Å²) in [6.45, 7) is 1.46. The minimum Gasteiger partial charge on any atom is -0.311 e. The molecule has 0 aliphatic carbocycles. The van der Waals surface area contributed by atoms with Crippen LogP contribution in [0, 0.1) is 0 Å². The topological polar surface area (TPSA) is 75.6 Å². The number of hydrogen-bond acceptors (Lipinski definition) is 3. The van der Waals surface area contributed by atoms with Crippen molar-refractivity contribution < 1.29 is 4.79 Å². The number of fused-ring (bicyclic) bond motifs is 1. The molecule has 0 bridgehead atoms. The van der Waals surface area contributed by atoms with E-state index in [1.165, 1.54) is 6.92 Å². The Kier molecular flexibility index (Phi) is 2.56. The second-order valence-electron chi connectivity index (χ2n) is 4.32. The molecular formula is C13H13N5O. The number of carbonyl (C=O) groups excluding carboxylic acids is 1. The molecule has 96 valence electrons. The molecule has 2 heterocycles. The summed E-state index contributed by atoms with van der Waals surface area (Å²) < 4.78 is 1.69. The van der Waals surface area contributed by atoms with E-state index >= 15 is 0 Å². The molecule has 0 fully saturated rings. The average Bonchev–Trinajstić information content (AvgIpc) is 2.93. The van der Waals surface area contributed by atoms with Crippen molar-refractivity contribution in [3.63, 3.8) is 0 Å². The van der Waals surface area contributed by atoms with Gasteiger partial charge in [-0.1, -0.05) is 30.3 Å². The van der Waals surface area contributed by atoms with Crippen molar-refractivity contribution >= 4 is 22.8 Å². The fraction of sp³-hybridized carbons (Fsp3) is 0.154. The molecule has 0 atom stereocenters. The molecule has 0 unspecified atom stereocenters. The van der Waals surface area contributed by atoms with E-state index in [0.717, 1.165) is 16.6 Å². The standard InChI is InChI=1S/C13H13N5O/c1-8(19)14-12-10-11(9-6-4-3-5-7-9)17-18(2)13(10)16-15-12/h3-7H,1-2H3,(H2,14,15,16,19). The third-order valence-corrected chi connectivity index (χ3v) is 2.89. The van der Waals surface area contributed by atoms with Crippen LogP contribution in [0.4, 0.5) is 5.82 Å². The molecule has 3 rings (SSSR count). The van der Waals surface area contributed by atoms with Crippen LogP contribution in [0.25, 0.3) is 22.3 Å². The first-order chi connectivity index (χ1) is 9.16. The second-order valence-corrected chi connectivity index (χ2v) is 4.32. The van der Waals surface area contributed by atoms with Crippen LogP contribution < -0.4 is 5.32 Å². The number of nitrogens with one attached hydrogen (secondary N) is 2. The van der Waals surface area contributed by atoms with Crippen molar-refractivity contribution in [1.82, 2.24) is 20.0 Å². The van der Waals surface area contributed by atoms with E-state index in [1.54, 1.807) is 4.68 Å². The molecule has 19 heavy (non-hydrogen) atoms. The summed E-state index contributed by atoms with van der Waals surface area (Å²) in [7, 11) is 1.83. The summed E-state index contributed by atoms with van der Waals surface area (Å²) in [5.74, 6) is 0.433. The van der Waals surface area contributed by atoms with Gasteiger partial charge in [-0.25, -0.2) is 4.68 Å². The smallest absolute Gasteiger partial charge is 0.222 e. The number of anilines is 1. The number of aryl methyl sites for hydroxylation is 1. The minimum atomic E-state index is -0.145. The summed E-state index contributed by atoms with van der Waals surface area (Å²) in [5.41, 5.74) is 2.50. The summed E-state index contributed by atoms with van der Waals surface area (Å²) in [4.78, 5) is 11.2. The highest BCUT2D eigenvalue weighted by molar-refractivity contribution is 6.04. The summed E-state index contributed by atoms with van der Waals surface area (Å²) in [5, 5.41) is 15.0. The maximum absolute atomic E-state index is 11.2. The van der Waals surface area contributed by atoms with Gasteiger partial charge >= 0.3 is 0 Å². The summed E-state index contributed by atoms with van der Waals surface area (Å²) in [6, 6.07) is 9.81. The lowest BCUT2D eigenvalue weighted by atomic mass is 10.1. The van der Waals surface area contributed by atoms with Crippen LogP contribution in [0.1, 0.15) is 6.92 Å². The lowest BCUT2D eigenvalue weighted by Gasteiger charge is -2.00. The number of hydrogen-bond donors (Lipinski definition) is 2. The predicted octanol–water partition coefficient (Wildman–Crippen LogP) is 1.92. The van der Waals surface area contributed by atoms with Crippen molar-refractivity contribution in [3.8, 4) is 11.3 Å². The summed E-state index contributed by atoms with van der Waals surface area (Å²) >= 11 is 0. The first kappa shape index (κ1) is 11.5. The van der Waals surface area contributed by atoms with Gasteiger partial charge in [0.2, 0.25) is 5.91 Å². The van der Waals surface area contributed by atoms with Crippen molar-refractivity contribution in [1.29, 1.82) is 0 Å². The lowest BCUT2D eigenvalue weighted by molar-refractivity contribution is -0.114. The van der Waals surface area contributed by atoms with E-state index in [0.29, 0.717) is 11.5 Å². The molecule has 0 saturated heterocycles. The Bertz CT molecular complexity index is 741. The van der Waals surface area contributed by atoms with Gasteiger partial charge in [-0.3, -0.25) is 9.89 Å². The zero-order chi connectivity index (χ0) is 13.4. The Morgan fingerprint density at radius 3 is 2.74 bits per heavy atom. The Hall–Kier alpha value is -2.63. The van der Waals surface area contributed by atoms with Crippen LogP contribution in [0.15, 0.2) is 30.3 Å². The van der Waals surface area contributed by atoms with E-state index in [4.69, 9.17) is 0 Å². The van der Waals surface area contributed by atoms with Crippen LogP contribution in [0.5, 0.6) is 0 Å². The Morgan fingerprint density at radius 1 is 1.32 bits per heavy atom. The normalized spacial score (nSPS) is 10.8. The summed E-state index contributed by atoms with van der Waals surface area (Å²) in [6.07, 6.45) is 0. The molecular weight excluding hydrogens is 242 g/mol. The van der Waals surface area contributed by atoms with Crippen LogP contribution in [-0.2, 0) is 11.8 Å². The van der Waals surface area contributed by atoms with Crippen LogP contribution >= 0.6 is 0 Å². The van der Waals surface area contributed by atoms with Gasteiger partial charge in [0, 0.05) is 19.5 Å². The van der Waals surface area contributed by atoms with Crippen LogP contribution in [0.2, 0.25) is 0 Å². The molecule has 1 aromatic carbocycles. The van der Waals surface area contributed by atoms with Gasteiger partial charge < -0.3 is 5.32 Å². The molecule has 1 amide bonds. The van der Waals surface area contributed by atoms with Crippen molar-refractivity contribution in [2.75, 3.05) is 5.32 Å². The van der Waals surface area contributed by atoms with Crippen molar-refractivity contribution in [3.05, 3.63) is 30.3 Å². The molecule has 2 aromatic heterocycles. The molecule has 0 spiro atoms. The Labute approximate surface area is 109 Å². The zero-order valence-corrected chi connectivity index (χ0v) is 10.6. The van der Waals surface area contributed by atoms with Gasteiger partial charge in [0.15, 0.2) is 5.65 Å². The van der Waals surface area contributed by atoms with Gasteiger partial charge in [0.05, 0.1) is 5.39 Å². The molecule has 2 N–H and O–H groups in total. The number of aromatic nitrogens is 4. The predicted molar refractivity (Wildman–Crippen MR) is 72.6 cm³/mol. The molecule has 0 aliphatic rings. The van der Waals surface area contributed by atoms with Gasteiger partial charge in [0.25, 0.3) is 0 Å². The number of amides is 1. The third-order valence-electron chi connectivity index (χ3n) is 2.89. The number of H-pyrrole nitrogens is 1. The van der Waals surface area contributed by atoms with Crippen molar-refractivity contribution in [2.24, 2.45) is 7.05 Å². The van der Waals surface area contributed by atoms with Gasteiger partial charge in [-0.15, -0.1) is 0 Å². The highest BCUT2D eigenvalue weighted by Gasteiger charge is 2.18. The maximum atomic E-state index is 11.2. The van der Waals surface area contributed by atoms with Gasteiger partial charge in [-0.05, 0) is 0 Å². The SMILES string of the molecule is CC(=O)Nc1[nH]nc2c1c(-c1ccccc1)nn2C. The van der Waals surface area contributed by atoms with Crippen LogP contribution in [0.3, 0.4) is 0 Å². The second kappa shape index (κ2) is 4.24. The minimum absolute atomic E-state index is 0.145. The average molecular weight is 255 g/mol. The number of benzene rings is 1. The number of nitrogens with zero attached hydrogens (tertiary/aromatic N) is 3. The maximum Gasteiger partial charge on any atom is 0.222 e. The van der Waals surface area contributed by atoms with Gasteiger partial charge in [-0.2, -0.15) is 10.2 Å².